The van der Waals surface area contributed by atoms with E-state index < -0.39 is 28.2 Å². The van der Waals surface area contributed by atoms with Crippen LogP contribution in [0.3, 0.4) is 0 Å². The Morgan fingerprint density at radius 1 is 1.18 bits per heavy atom. The number of thiazole rings is 1. The Kier molecular flexibility index (Phi) is 8.03. The van der Waals surface area contributed by atoms with Gasteiger partial charge in [0, 0.05) is 35.0 Å². The number of hydrogen-bond donors (Lipinski definition) is 1. The Hall–Kier alpha value is -3.22. The maximum Gasteiger partial charge on any atom is 0.304 e. The number of aryl methyl sites for hydroxylation is 1. The van der Waals surface area contributed by atoms with Gasteiger partial charge in [-0.2, -0.15) is 8.78 Å². The molecule has 0 spiro atoms. The summed E-state index contributed by atoms with van der Waals surface area (Å²) in [4.78, 5) is 16.4. The van der Waals surface area contributed by atoms with Crippen LogP contribution in [0.1, 0.15) is 56.5 Å². The topological polar surface area (TPSA) is 99.4 Å². The van der Waals surface area contributed by atoms with Gasteiger partial charge in [-0.3, -0.25) is 9.36 Å². The van der Waals surface area contributed by atoms with Crippen LogP contribution < -0.4 is 9.47 Å². The van der Waals surface area contributed by atoms with Crippen LogP contribution >= 0.6 is 34.7 Å². The van der Waals surface area contributed by atoms with Crippen LogP contribution in [0, 0.1) is 0 Å². The minimum atomic E-state index is -3.27. The lowest BCUT2D eigenvalue weighted by Crippen LogP contribution is -2.17. The highest BCUT2D eigenvalue weighted by atomic mass is 35.5. The van der Waals surface area contributed by atoms with Gasteiger partial charge in [0.1, 0.15) is 0 Å². The van der Waals surface area contributed by atoms with Gasteiger partial charge < -0.3 is 14.6 Å². The van der Waals surface area contributed by atoms with Gasteiger partial charge in [-0.25, -0.2) is 4.98 Å². The fraction of sp³-hybridized carbons (Fsp3) is 0.333. The fourth-order valence-electron chi connectivity index (χ4n) is 4.71. The zero-order chi connectivity index (χ0) is 28.6. The van der Waals surface area contributed by atoms with Gasteiger partial charge in [-0.05, 0) is 36.2 Å². The number of fused-ring (bicyclic) bond motifs is 3. The van der Waals surface area contributed by atoms with Crippen LogP contribution in [0.25, 0.3) is 5.69 Å². The second-order valence-electron chi connectivity index (χ2n) is 9.21. The van der Waals surface area contributed by atoms with Gasteiger partial charge in [-0.15, -0.1) is 33.3 Å². The molecule has 0 saturated carbocycles. The summed E-state index contributed by atoms with van der Waals surface area (Å²) in [7, 11) is 3.11. The first-order chi connectivity index (χ1) is 19.1. The average molecular weight is 607 g/mol. The summed E-state index contributed by atoms with van der Waals surface area (Å²) in [6, 6.07) is 10.7. The maximum atomic E-state index is 14.9. The summed E-state index contributed by atoms with van der Waals surface area (Å²) in [5.41, 5.74) is 1.97. The monoisotopic (exact) mass is 606 g/mol. The molecule has 1 aliphatic heterocycles. The highest BCUT2D eigenvalue weighted by Crippen LogP contribution is 2.54. The SMILES string of the molecule is COc1cccc(C2SC(Cc3ncc(CCC(=O)O)s3)c3nnc(C(C)(F)F)n3-c3ccc(Cl)cc32)c1OC. The maximum absolute atomic E-state index is 14.9. The molecule has 0 aliphatic carbocycles. The van der Waals surface area contributed by atoms with Crippen LogP contribution in [0.4, 0.5) is 8.78 Å². The first kappa shape index (κ1) is 28.3. The number of carboxylic acids is 1. The van der Waals surface area contributed by atoms with Crippen molar-refractivity contribution < 1.29 is 28.2 Å². The van der Waals surface area contributed by atoms with E-state index in [-0.39, 0.29) is 6.42 Å². The number of hydrogen-bond acceptors (Lipinski definition) is 8. The predicted molar refractivity (Wildman–Crippen MR) is 149 cm³/mol. The first-order valence-corrected chi connectivity index (χ1v) is 14.4. The molecule has 40 heavy (non-hydrogen) atoms. The van der Waals surface area contributed by atoms with E-state index in [1.54, 1.807) is 44.7 Å². The Balaban J connectivity index is 1.68. The molecule has 3 heterocycles. The molecule has 0 bridgehead atoms. The van der Waals surface area contributed by atoms with Crippen molar-refractivity contribution in [1.29, 1.82) is 0 Å². The smallest absolute Gasteiger partial charge is 0.304 e. The number of carbonyl (C=O) groups is 1. The van der Waals surface area contributed by atoms with Crippen LogP contribution in [-0.4, -0.2) is 45.0 Å². The molecule has 210 valence electrons. The molecule has 2 atom stereocenters. The zero-order valence-corrected chi connectivity index (χ0v) is 24.1. The summed E-state index contributed by atoms with van der Waals surface area (Å²) in [5.74, 6) is -3.21. The summed E-state index contributed by atoms with van der Waals surface area (Å²) in [6.45, 7) is 0.797. The molecule has 8 nitrogen and oxygen atoms in total. The van der Waals surface area contributed by atoms with E-state index in [1.165, 1.54) is 27.7 Å². The molecule has 2 aromatic carbocycles. The Bertz CT molecular complexity index is 1560. The molecule has 4 aromatic rings. The molecule has 5 rings (SSSR count). The number of para-hydroxylation sites is 1. The van der Waals surface area contributed by atoms with Crippen molar-refractivity contribution in [1.82, 2.24) is 19.7 Å². The molecule has 13 heteroatoms. The van der Waals surface area contributed by atoms with Gasteiger partial charge in [0.05, 0.1) is 41.8 Å². The third-order valence-corrected chi connectivity index (χ3v) is 9.25. The number of alkyl halides is 2. The third kappa shape index (κ3) is 5.52. The average Bonchev–Trinajstić information content (AvgIpc) is 3.54. The zero-order valence-electron chi connectivity index (χ0n) is 21.7. The summed E-state index contributed by atoms with van der Waals surface area (Å²) >= 11 is 9.37. The third-order valence-electron chi connectivity index (χ3n) is 6.44. The number of thioether (sulfide) groups is 1. The number of aromatic nitrogens is 4. The van der Waals surface area contributed by atoms with Crippen molar-refractivity contribution in [2.24, 2.45) is 0 Å². The second-order valence-corrected chi connectivity index (χ2v) is 12.2. The number of rotatable bonds is 9. The van der Waals surface area contributed by atoms with E-state index in [1.807, 2.05) is 12.1 Å². The number of aliphatic carboxylic acids is 1. The second kappa shape index (κ2) is 11.3. The minimum absolute atomic E-state index is 0.00312. The van der Waals surface area contributed by atoms with Gasteiger partial charge in [0.2, 0.25) is 5.82 Å². The number of halogens is 3. The standard InChI is InChI=1S/C27H25ClF2N4O4S2/c1-27(29,30)26-33-32-25-20(12-21-31-13-15(39-21)8-10-22(35)36)40-24(16-5-4-6-19(37-2)23(16)38-3)17-11-14(28)7-9-18(17)34(25)26/h4-7,9,11,13,20,24H,8,10,12H2,1-3H3,(H,35,36). The molecular weight excluding hydrogens is 582 g/mol. The first-order valence-electron chi connectivity index (χ1n) is 12.3. The molecule has 2 unspecified atom stereocenters. The molecule has 0 fully saturated rings. The van der Waals surface area contributed by atoms with E-state index in [0.717, 1.165) is 22.4 Å². The van der Waals surface area contributed by atoms with E-state index in [2.05, 4.69) is 15.2 Å². The number of carboxylic acid groups (broad SMARTS) is 1. The molecule has 0 radical (unpaired) electrons. The lowest BCUT2D eigenvalue weighted by Gasteiger charge is -2.23. The Morgan fingerprint density at radius 2 is 1.98 bits per heavy atom. The molecule has 1 aliphatic rings. The van der Waals surface area contributed by atoms with Crippen LogP contribution in [0.5, 0.6) is 11.5 Å². The summed E-state index contributed by atoms with van der Waals surface area (Å²) < 4.78 is 42.5. The molecule has 2 aromatic heterocycles. The van der Waals surface area contributed by atoms with Crippen molar-refractivity contribution in [2.75, 3.05) is 14.2 Å². The molecule has 0 saturated heterocycles. The van der Waals surface area contributed by atoms with Crippen molar-refractivity contribution in [3.8, 4) is 17.2 Å². The van der Waals surface area contributed by atoms with Gasteiger partial charge in [0.15, 0.2) is 17.3 Å². The normalized spacial score (nSPS) is 16.6. The number of methoxy groups -OCH3 is 2. The van der Waals surface area contributed by atoms with Crippen molar-refractivity contribution >= 4 is 40.7 Å². The van der Waals surface area contributed by atoms with Crippen molar-refractivity contribution in [3.05, 3.63) is 80.3 Å². The molecular formula is C27H25ClF2N4O4S2. The predicted octanol–water partition coefficient (Wildman–Crippen LogP) is 6.64. The number of ether oxygens (including phenoxy) is 2. The number of benzene rings is 2. The summed E-state index contributed by atoms with van der Waals surface area (Å²) in [6.07, 6.45) is 2.38. The highest BCUT2D eigenvalue weighted by molar-refractivity contribution is 8.00. The van der Waals surface area contributed by atoms with Gasteiger partial charge >= 0.3 is 11.9 Å². The van der Waals surface area contributed by atoms with Gasteiger partial charge in [0.25, 0.3) is 0 Å². The van der Waals surface area contributed by atoms with Crippen molar-refractivity contribution in [3.63, 3.8) is 0 Å². The van der Waals surface area contributed by atoms with Gasteiger partial charge in [-0.1, -0.05) is 23.7 Å². The minimum Gasteiger partial charge on any atom is -0.493 e. The quantitative estimate of drug-likeness (QED) is 0.226. The van der Waals surface area contributed by atoms with E-state index in [0.29, 0.717) is 46.4 Å². The highest BCUT2D eigenvalue weighted by Gasteiger charge is 2.40. The largest absolute Gasteiger partial charge is 0.493 e. The lowest BCUT2D eigenvalue weighted by atomic mass is 10.0. The van der Waals surface area contributed by atoms with E-state index in [9.17, 15) is 13.6 Å². The van der Waals surface area contributed by atoms with Crippen LogP contribution in [-0.2, 0) is 23.6 Å². The number of nitrogens with zero attached hydrogens (tertiary/aromatic N) is 4. The molecule has 1 N–H and O–H groups in total. The lowest BCUT2D eigenvalue weighted by molar-refractivity contribution is -0.136. The van der Waals surface area contributed by atoms with Crippen LogP contribution in [0.2, 0.25) is 5.02 Å². The van der Waals surface area contributed by atoms with E-state index >= 15 is 0 Å². The van der Waals surface area contributed by atoms with E-state index in [4.69, 9.17) is 26.2 Å². The van der Waals surface area contributed by atoms with Crippen LogP contribution in [0.15, 0.2) is 42.6 Å². The van der Waals surface area contributed by atoms with Crippen molar-refractivity contribution in [2.45, 2.75) is 42.6 Å². The Labute approximate surface area is 242 Å². The fourth-order valence-corrected chi connectivity index (χ4v) is 7.49. The molecule has 0 amide bonds. The Morgan fingerprint density at radius 3 is 2.67 bits per heavy atom. The summed E-state index contributed by atoms with van der Waals surface area (Å²) in [5, 5.41) is 17.6.